The Bertz CT molecular complexity index is 384. The third kappa shape index (κ3) is 3.73. The highest BCUT2D eigenvalue weighted by molar-refractivity contribution is 7.83. The van der Waals surface area contributed by atoms with E-state index in [1.54, 1.807) is 31.4 Å². The van der Waals surface area contributed by atoms with Crippen molar-refractivity contribution in [1.82, 2.24) is 4.72 Å². The number of nitrogens with one attached hydrogen (secondary N) is 1. The molecular formula is C8H11NO4S. The van der Waals surface area contributed by atoms with Crippen LogP contribution in [0.1, 0.15) is 5.56 Å². The standard InChI is InChI=1S/C8H11NO4S/c1-13-8-4-2-7(3-5-8)6-9-14(10,11)12/h2-5,9H,6H2,1H3,(H,10,11,12). The zero-order chi connectivity index (χ0) is 10.6. The lowest BCUT2D eigenvalue weighted by Gasteiger charge is -2.03. The molecule has 0 saturated carbocycles. The van der Waals surface area contributed by atoms with Crippen LogP contribution in [-0.2, 0) is 16.8 Å². The summed E-state index contributed by atoms with van der Waals surface area (Å²) >= 11 is 0. The molecule has 0 aromatic heterocycles. The van der Waals surface area contributed by atoms with Crippen molar-refractivity contribution in [1.29, 1.82) is 0 Å². The van der Waals surface area contributed by atoms with Gasteiger partial charge in [0.15, 0.2) is 0 Å². The third-order valence-electron chi connectivity index (χ3n) is 1.62. The van der Waals surface area contributed by atoms with Crippen LogP contribution in [0.4, 0.5) is 0 Å². The van der Waals surface area contributed by atoms with E-state index in [9.17, 15) is 8.42 Å². The predicted molar refractivity (Wildman–Crippen MR) is 51.4 cm³/mol. The minimum atomic E-state index is -4.12. The van der Waals surface area contributed by atoms with Crippen LogP contribution < -0.4 is 9.46 Å². The summed E-state index contributed by atoms with van der Waals surface area (Å²) in [4.78, 5) is 0. The number of ether oxygens (including phenoxy) is 1. The Balaban J connectivity index is 2.61. The lowest BCUT2D eigenvalue weighted by atomic mass is 10.2. The van der Waals surface area contributed by atoms with E-state index in [1.807, 2.05) is 4.72 Å². The smallest absolute Gasteiger partial charge is 0.333 e. The second kappa shape index (κ2) is 4.41. The third-order valence-corrected chi connectivity index (χ3v) is 2.13. The molecule has 5 nitrogen and oxygen atoms in total. The fourth-order valence-electron chi connectivity index (χ4n) is 0.918. The number of hydrogen-bond donors (Lipinski definition) is 2. The van der Waals surface area contributed by atoms with Gasteiger partial charge >= 0.3 is 10.3 Å². The topological polar surface area (TPSA) is 75.6 Å². The van der Waals surface area contributed by atoms with Gasteiger partial charge in [0.25, 0.3) is 0 Å². The average molecular weight is 217 g/mol. The summed E-state index contributed by atoms with van der Waals surface area (Å²) in [7, 11) is -2.57. The Morgan fingerprint density at radius 3 is 2.36 bits per heavy atom. The van der Waals surface area contributed by atoms with E-state index in [2.05, 4.69) is 0 Å². The number of methoxy groups -OCH3 is 1. The van der Waals surface area contributed by atoms with E-state index in [-0.39, 0.29) is 6.54 Å². The van der Waals surface area contributed by atoms with Gasteiger partial charge in [0.2, 0.25) is 0 Å². The molecule has 0 heterocycles. The van der Waals surface area contributed by atoms with Crippen LogP contribution in [0.3, 0.4) is 0 Å². The lowest BCUT2D eigenvalue weighted by molar-refractivity contribution is 0.414. The molecule has 0 bridgehead atoms. The highest BCUT2D eigenvalue weighted by Crippen LogP contribution is 2.10. The Morgan fingerprint density at radius 1 is 1.36 bits per heavy atom. The van der Waals surface area contributed by atoms with Gasteiger partial charge in [-0.1, -0.05) is 12.1 Å². The first-order valence-electron chi connectivity index (χ1n) is 3.86. The van der Waals surface area contributed by atoms with Crippen LogP contribution in [0.2, 0.25) is 0 Å². The highest BCUT2D eigenvalue weighted by Gasteiger charge is 2.02. The molecule has 1 aromatic rings. The summed E-state index contributed by atoms with van der Waals surface area (Å²) in [6.07, 6.45) is 0. The molecule has 14 heavy (non-hydrogen) atoms. The normalized spacial score (nSPS) is 11.3. The zero-order valence-corrected chi connectivity index (χ0v) is 8.41. The van der Waals surface area contributed by atoms with Gasteiger partial charge in [0.05, 0.1) is 7.11 Å². The molecule has 0 fully saturated rings. The highest BCUT2D eigenvalue weighted by atomic mass is 32.2. The second-order valence-electron chi connectivity index (χ2n) is 2.64. The first kappa shape index (κ1) is 11.0. The molecule has 6 heteroatoms. The molecule has 0 unspecified atom stereocenters. The number of benzene rings is 1. The first-order valence-corrected chi connectivity index (χ1v) is 5.30. The fourth-order valence-corrected chi connectivity index (χ4v) is 1.27. The summed E-state index contributed by atoms with van der Waals surface area (Å²) in [6.45, 7) is 0.0584. The summed E-state index contributed by atoms with van der Waals surface area (Å²) in [5, 5.41) is 0. The van der Waals surface area contributed by atoms with Gasteiger partial charge in [-0.15, -0.1) is 0 Å². The molecule has 2 N–H and O–H groups in total. The van der Waals surface area contributed by atoms with Gasteiger partial charge in [-0.05, 0) is 17.7 Å². The number of hydrogen-bond acceptors (Lipinski definition) is 3. The Hall–Kier alpha value is -1.11. The minimum absolute atomic E-state index is 0.0584. The van der Waals surface area contributed by atoms with Crippen molar-refractivity contribution >= 4 is 10.3 Å². The molecule has 0 spiro atoms. The van der Waals surface area contributed by atoms with Gasteiger partial charge in [-0.25, -0.2) is 0 Å². The van der Waals surface area contributed by atoms with E-state index in [0.717, 1.165) is 5.56 Å². The van der Waals surface area contributed by atoms with Gasteiger partial charge < -0.3 is 4.74 Å². The van der Waals surface area contributed by atoms with Crippen molar-refractivity contribution in [3.63, 3.8) is 0 Å². The zero-order valence-electron chi connectivity index (χ0n) is 7.60. The summed E-state index contributed by atoms with van der Waals surface area (Å²) < 4.78 is 36.0. The molecule has 0 amide bonds. The van der Waals surface area contributed by atoms with E-state index < -0.39 is 10.3 Å². The van der Waals surface area contributed by atoms with Gasteiger partial charge in [-0.2, -0.15) is 13.1 Å². The van der Waals surface area contributed by atoms with Crippen molar-refractivity contribution in [2.24, 2.45) is 0 Å². The Morgan fingerprint density at radius 2 is 1.93 bits per heavy atom. The maximum absolute atomic E-state index is 10.3. The van der Waals surface area contributed by atoms with Crippen LogP contribution >= 0.6 is 0 Å². The minimum Gasteiger partial charge on any atom is -0.497 e. The summed E-state index contributed by atoms with van der Waals surface area (Å²) in [5.41, 5.74) is 0.739. The Kier molecular flexibility index (Phi) is 3.45. The van der Waals surface area contributed by atoms with E-state index in [1.165, 1.54) is 0 Å². The van der Waals surface area contributed by atoms with Crippen molar-refractivity contribution in [2.45, 2.75) is 6.54 Å². The fraction of sp³-hybridized carbons (Fsp3) is 0.250. The van der Waals surface area contributed by atoms with Crippen molar-refractivity contribution in [2.75, 3.05) is 7.11 Å². The van der Waals surface area contributed by atoms with E-state index in [0.29, 0.717) is 5.75 Å². The molecule has 0 atom stereocenters. The number of rotatable bonds is 4. The van der Waals surface area contributed by atoms with Crippen molar-refractivity contribution < 1.29 is 17.7 Å². The van der Waals surface area contributed by atoms with Crippen molar-refractivity contribution in [3.05, 3.63) is 29.8 Å². The molecule has 1 rings (SSSR count). The largest absolute Gasteiger partial charge is 0.497 e. The molecular weight excluding hydrogens is 206 g/mol. The predicted octanol–water partition coefficient (Wildman–Crippen LogP) is 0.588. The van der Waals surface area contributed by atoms with Gasteiger partial charge in [0.1, 0.15) is 5.75 Å². The van der Waals surface area contributed by atoms with Crippen LogP contribution in [0.5, 0.6) is 5.75 Å². The first-order chi connectivity index (χ1) is 6.51. The van der Waals surface area contributed by atoms with E-state index >= 15 is 0 Å². The lowest BCUT2D eigenvalue weighted by Crippen LogP contribution is -2.21. The molecule has 0 aliphatic carbocycles. The maximum Gasteiger partial charge on any atom is 0.333 e. The molecule has 0 radical (unpaired) electrons. The molecule has 0 saturated heterocycles. The quantitative estimate of drug-likeness (QED) is 0.724. The average Bonchev–Trinajstić information content (AvgIpc) is 2.14. The van der Waals surface area contributed by atoms with E-state index in [4.69, 9.17) is 9.29 Å². The van der Waals surface area contributed by atoms with Gasteiger partial charge in [0, 0.05) is 6.54 Å². The van der Waals surface area contributed by atoms with Crippen LogP contribution in [-0.4, -0.2) is 20.1 Å². The van der Waals surface area contributed by atoms with Crippen LogP contribution in [0.25, 0.3) is 0 Å². The monoisotopic (exact) mass is 217 g/mol. The second-order valence-corrected chi connectivity index (χ2v) is 3.88. The van der Waals surface area contributed by atoms with Crippen molar-refractivity contribution in [3.8, 4) is 5.75 Å². The molecule has 78 valence electrons. The summed E-state index contributed by atoms with van der Waals surface area (Å²) in [5.74, 6) is 0.695. The van der Waals surface area contributed by atoms with Crippen LogP contribution in [0, 0.1) is 0 Å². The molecule has 0 aliphatic heterocycles. The molecule has 1 aromatic carbocycles. The summed E-state index contributed by atoms with van der Waals surface area (Å²) in [6, 6.07) is 6.83. The SMILES string of the molecule is COc1ccc(CNS(=O)(=O)O)cc1. The molecule has 0 aliphatic rings. The van der Waals surface area contributed by atoms with Crippen LogP contribution in [0.15, 0.2) is 24.3 Å². The maximum atomic E-state index is 10.3. The van der Waals surface area contributed by atoms with Gasteiger partial charge in [-0.3, -0.25) is 4.55 Å². The Labute approximate surface area is 82.6 Å².